The quantitative estimate of drug-likeness (QED) is 0.207. The van der Waals surface area contributed by atoms with Crippen LogP contribution in [0.3, 0.4) is 0 Å². The molecule has 2 saturated carbocycles. The number of nitrogens with zero attached hydrogens (tertiary/aromatic N) is 2. The Morgan fingerprint density at radius 2 is 1.59 bits per heavy atom. The molecule has 4 atom stereocenters. The maximum absolute atomic E-state index is 10.7. The van der Waals surface area contributed by atoms with Crippen LogP contribution in [-0.4, -0.2) is 23.0 Å². The lowest BCUT2D eigenvalue weighted by Gasteiger charge is -2.27. The molecule has 4 rings (SSSR count). The summed E-state index contributed by atoms with van der Waals surface area (Å²) in [5, 5.41) is 18.1. The third-order valence-electron chi connectivity index (χ3n) is 6.99. The van der Waals surface area contributed by atoms with E-state index in [4.69, 9.17) is 10.2 Å². The highest BCUT2D eigenvalue weighted by atomic mass is 16.4. The molecular formula is C28H32N2O2. The zero-order chi connectivity index (χ0) is 22.2. The molecule has 0 spiro atoms. The van der Waals surface area contributed by atoms with E-state index in [0.29, 0.717) is 18.3 Å². The second-order valence-electron chi connectivity index (χ2n) is 9.01. The molecule has 0 aliphatic heterocycles. The van der Waals surface area contributed by atoms with Crippen molar-refractivity contribution in [2.24, 2.45) is 33.9 Å². The van der Waals surface area contributed by atoms with E-state index in [1.807, 2.05) is 36.4 Å². The molecule has 0 heterocycles. The topological polar surface area (TPSA) is 62.0 Å². The van der Waals surface area contributed by atoms with Gasteiger partial charge in [0.1, 0.15) is 5.71 Å². The Balaban J connectivity index is 1.45. The molecule has 2 aromatic carbocycles. The van der Waals surface area contributed by atoms with Crippen LogP contribution in [0.1, 0.15) is 56.1 Å². The van der Waals surface area contributed by atoms with Gasteiger partial charge in [0.25, 0.3) is 0 Å². The van der Waals surface area contributed by atoms with Crippen LogP contribution in [0.2, 0.25) is 0 Å². The molecular weight excluding hydrogens is 396 g/mol. The Hall–Kier alpha value is -3.01. The fourth-order valence-electron chi connectivity index (χ4n) is 5.42. The van der Waals surface area contributed by atoms with Gasteiger partial charge in [0, 0.05) is 29.7 Å². The summed E-state index contributed by atoms with van der Waals surface area (Å²) in [5.41, 5.74) is 3.05. The first-order valence-electron chi connectivity index (χ1n) is 11.8. The average molecular weight is 429 g/mol. The SMILES string of the molecule is O=C(O)CCC/C=C\CC1C2CCC(C2)C1C=NN=C(c1ccccc1)c1ccccc1. The zero-order valence-electron chi connectivity index (χ0n) is 18.5. The Morgan fingerprint density at radius 3 is 2.25 bits per heavy atom. The normalized spacial score (nSPS) is 24.4. The van der Waals surface area contributed by atoms with Gasteiger partial charge in [-0.1, -0.05) is 72.8 Å². The molecule has 2 aliphatic carbocycles. The van der Waals surface area contributed by atoms with Crippen LogP contribution < -0.4 is 0 Å². The van der Waals surface area contributed by atoms with Crippen molar-refractivity contribution in [3.63, 3.8) is 0 Å². The van der Waals surface area contributed by atoms with Crippen LogP contribution in [0.25, 0.3) is 0 Å². The van der Waals surface area contributed by atoms with Crippen LogP contribution in [0.5, 0.6) is 0 Å². The lowest BCUT2D eigenvalue weighted by molar-refractivity contribution is -0.137. The first kappa shape index (κ1) is 22.2. The van der Waals surface area contributed by atoms with E-state index < -0.39 is 5.97 Å². The summed E-state index contributed by atoms with van der Waals surface area (Å²) in [6.45, 7) is 0. The molecule has 4 unspecified atom stereocenters. The lowest BCUT2D eigenvalue weighted by Crippen LogP contribution is -2.23. The van der Waals surface area contributed by atoms with Gasteiger partial charge in [-0.25, -0.2) is 0 Å². The van der Waals surface area contributed by atoms with Gasteiger partial charge in [-0.2, -0.15) is 10.2 Å². The minimum atomic E-state index is -0.714. The van der Waals surface area contributed by atoms with Gasteiger partial charge < -0.3 is 5.11 Å². The highest BCUT2D eigenvalue weighted by molar-refractivity contribution is 6.12. The standard InChI is InChI=1S/C28H32N2O2/c31-27(32)16-10-2-1-9-15-25-23-17-18-24(19-23)26(25)20-29-30-28(21-11-5-3-6-12-21)22-13-7-4-8-14-22/h1,3-9,11-14,20,23-26H,2,10,15-19H2,(H,31,32)/b9-1-,29-20?. The highest BCUT2D eigenvalue weighted by Crippen LogP contribution is 2.53. The number of benzene rings is 2. The Kier molecular flexibility index (Phi) is 7.65. The van der Waals surface area contributed by atoms with Crippen molar-refractivity contribution in [3.05, 3.63) is 83.9 Å². The number of carboxylic acid groups (broad SMARTS) is 1. The molecule has 4 nitrogen and oxygen atoms in total. The smallest absolute Gasteiger partial charge is 0.303 e. The molecule has 2 fully saturated rings. The molecule has 32 heavy (non-hydrogen) atoms. The van der Waals surface area contributed by atoms with E-state index in [9.17, 15) is 4.79 Å². The van der Waals surface area contributed by atoms with Crippen molar-refractivity contribution in [1.29, 1.82) is 0 Å². The first-order chi connectivity index (χ1) is 15.7. The Bertz CT molecular complexity index is 924. The lowest BCUT2D eigenvalue weighted by atomic mass is 9.78. The maximum atomic E-state index is 10.7. The van der Waals surface area contributed by atoms with Gasteiger partial charge >= 0.3 is 5.97 Å². The van der Waals surface area contributed by atoms with Crippen molar-refractivity contribution in [1.82, 2.24) is 0 Å². The van der Waals surface area contributed by atoms with Gasteiger partial charge in [0.05, 0.1) is 0 Å². The van der Waals surface area contributed by atoms with E-state index in [1.54, 1.807) is 0 Å². The largest absolute Gasteiger partial charge is 0.481 e. The fraction of sp³-hybridized carbons (Fsp3) is 0.393. The van der Waals surface area contributed by atoms with Gasteiger partial charge in [0.15, 0.2) is 0 Å². The molecule has 2 aliphatic rings. The molecule has 2 bridgehead atoms. The molecule has 0 amide bonds. The Morgan fingerprint density at radius 1 is 0.938 bits per heavy atom. The Labute approximate surface area is 190 Å². The number of unbranched alkanes of at least 4 members (excludes halogenated alkanes) is 1. The summed E-state index contributed by atoms with van der Waals surface area (Å²) in [6, 6.07) is 20.5. The van der Waals surface area contributed by atoms with E-state index in [2.05, 4.69) is 47.7 Å². The first-order valence-corrected chi connectivity index (χ1v) is 11.8. The second kappa shape index (κ2) is 11.0. The summed E-state index contributed by atoms with van der Waals surface area (Å²) in [5.74, 6) is 1.90. The van der Waals surface area contributed by atoms with Crippen LogP contribution in [0, 0.1) is 23.7 Å². The fourth-order valence-corrected chi connectivity index (χ4v) is 5.42. The summed E-state index contributed by atoms with van der Waals surface area (Å²) < 4.78 is 0. The predicted octanol–water partition coefficient (Wildman–Crippen LogP) is 6.37. The van der Waals surface area contributed by atoms with Crippen molar-refractivity contribution in [3.8, 4) is 0 Å². The van der Waals surface area contributed by atoms with E-state index >= 15 is 0 Å². The van der Waals surface area contributed by atoms with E-state index in [0.717, 1.165) is 41.5 Å². The molecule has 166 valence electrons. The number of fused-ring (bicyclic) bond motifs is 2. The highest BCUT2D eigenvalue weighted by Gasteiger charge is 2.45. The maximum Gasteiger partial charge on any atom is 0.303 e. The minimum Gasteiger partial charge on any atom is -0.481 e. The summed E-state index contributed by atoms with van der Waals surface area (Å²) in [6.07, 6.45) is 13.3. The summed E-state index contributed by atoms with van der Waals surface area (Å²) >= 11 is 0. The summed E-state index contributed by atoms with van der Waals surface area (Å²) in [7, 11) is 0. The van der Waals surface area contributed by atoms with Crippen LogP contribution >= 0.6 is 0 Å². The predicted molar refractivity (Wildman–Crippen MR) is 130 cm³/mol. The van der Waals surface area contributed by atoms with Gasteiger partial charge in [-0.15, -0.1) is 0 Å². The third-order valence-corrected chi connectivity index (χ3v) is 6.99. The number of carboxylic acids is 1. The number of rotatable bonds is 10. The number of aliphatic carboxylic acids is 1. The van der Waals surface area contributed by atoms with E-state index in [-0.39, 0.29) is 6.42 Å². The van der Waals surface area contributed by atoms with E-state index in [1.165, 1.54) is 19.3 Å². The van der Waals surface area contributed by atoms with Gasteiger partial charge in [-0.3, -0.25) is 4.79 Å². The van der Waals surface area contributed by atoms with Crippen molar-refractivity contribution in [2.75, 3.05) is 0 Å². The van der Waals surface area contributed by atoms with Crippen LogP contribution in [0.4, 0.5) is 0 Å². The number of allylic oxidation sites excluding steroid dienone is 2. The van der Waals surface area contributed by atoms with Crippen LogP contribution in [-0.2, 0) is 4.79 Å². The molecule has 0 aromatic heterocycles. The van der Waals surface area contributed by atoms with Crippen LogP contribution in [0.15, 0.2) is 83.0 Å². The van der Waals surface area contributed by atoms with Crippen molar-refractivity contribution in [2.45, 2.75) is 44.9 Å². The number of carbonyl (C=O) groups is 1. The van der Waals surface area contributed by atoms with Gasteiger partial charge in [0.2, 0.25) is 0 Å². The van der Waals surface area contributed by atoms with Gasteiger partial charge in [-0.05, 0) is 56.3 Å². The average Bonchev–Trinajstić information content (AvgIpc) is 3.42. The molecule has 1 N–H and O–H groups in total. The third kappa shape index (κ3) is 5.61. The second-order valence-corrected chi connectivity index (χ2v) is 9.01. The zero-order valence-corrected chi connectivity index (χ0v) is 18.5. The van der Waals surface area contributed by atoms with Crippen molar-refractivity contribution < 1.29 is 9.90 Å². The number of hydrogen-bond acceptors (Lipinski definition) is 3. The molecule has 0 saturated heterocycles. The molecule has 4 heteroatoms. The monoisotopic (exact) mass is 428 g/mol. The molecule has 2 aromatic rings. The molecule has 0 radical (unpaired) electrons. The summed E-state index contributed by atoms with van der Waals surface area (Å²) in [4.78, 5) is 10.7. The van der Waals surface area contributed by atoms with Crippen molar-refractivity contribution >= 4 is 17.9 Å². The minimum absolute atomic E-state index is 0.247. The number of hydrogen-bond donors (Lipinski definition) is 1.